The fraction of sp³-hybridized carbons (Fsp3) is 0.667. The molecule has 0 radical (unpaired) electrons. The largest absolute Gasteiger partial charge is 0.376 e. The van der Waals surface area contributed by atoms with Crippen molar-refractivity contribution >= 4 is 17.3 Å². The lowest BCUT2D eigenvalue weighted by Crippen LogP contribution is -2.47. The lowest BCUT2D eigenvalue weighted by Gasteiger charge is -2.31. The molecule has 1 saturated carbocycles. The first-order valence-corrected chi connectivity index (χ1v) is 10.5. The zero-order valence-electron chi connectivity index (χ0n) is 15.6. The van der Waals surface area contributed by atoms with Crippen molar-refractivity contribution in [2.45, 2.75) is 76.5 Å². The molecule has 1 aliphatic heterocycles. The van der Waals surface area contributed by atoms with Gasteiger partial charge in [0.1, 0.15) is 5.82 Å². The van der Waals surface area contributed by atoms with Crippen LogP contribution in [0.4, 0.5) is 4.39 Å². The number of hydrogen-bond donors (Lipinski definition) is 1. The van der Waals surface area contributed by atoms with E-state index in [0.717, 1.165) is 36.7 Å². The van der Waals surface area contributed by atoms with Gasteiger partial charge in [-0.25, -0.2) is 4.39 Å². The second-order valence-electron chi connectivity index (χ2n) is 7.63. The summed E-state index contributed by atoms with van der Waals surface area (Å²) in [5.74, 6) is -0.199. The monoisotopic (exact) mass is 378 g/mol. The molecule has 26 heavy (non-hydrogen) atoms. The van der Waals surface area contributed by atoms with Crippen molar-refractivity contribution in [3.05, 3.63) is 35.6 Å². The van der Waals surface area contributed by atoms with E-state index in [1.54, 1.807) is 0 Å². The highest BCUT2D eigenvalue weighted by molar-refractivity contribution is 7.80. The maximum absolute atomic E-state index is 13.2. The van der Waals surface area contributed by atoms with E-state index in [1.807, 2.05) is 12.1 Å². The van der Waals surface area contributed by atoms with Crippen LogP contribution in [0.2, 0.25) is 0 Å². The molecule has 1 atom stereocenters. The van der Waals surface area contributed by atoms with Gasteiger partial charge in [-0.05, 0) is 55.6 Å². The maximum Gasteiger partial charge on any atom is 0.169 e. The molecule has 1 aromatic carbocycles. The number of nitrogens with one attached hydrogen (secondary N) is 1. The smallest absolute Gasteiger partial charge is 0.169 e. The third kappa shape index (κ3) is 6.20. The molecule has 1 heterocycles. The molecule has 1 saturated heterocycles. The minimum absolute atomic E-state index is 0.199. The van der Waals surface area contributed by atoms with E-state index in [-0.39, 0.29) is 11.9 Å². The number of halogens is 1. The Hall–Kier alpha value is -1.20. The predicted octanol–water partition coefficient (Wildman–Crippen LogP) is 4.79. The van der Waals surface area contributed by atoms with Gasteiger partial charge >= 0.3 is 0 Å². The number of rotatable bonds is 5. The van der Waals surface area contributed by atoms with Crippen molar-refractivity contribution in [3.63, 3.8) is 0 Å². The van der Waals surface area contributed by atoms with Gasteiger partial charge in [0.25, 0.3) is 0 Å². The van der Waals surface area contributed by atoms with Gasteiger partial charge in [0.05, 0.1) is 6.10 Å². The van der Waals surface area contributed by atoms with Crippen LogP contribution in [0.3, 0.4) is 0 Å². The van der Waals surface area contributed by atoms with Gasteiger partial charge in [-0.1, -0.05) is 44.2 Å². The fourth-order valence-corrected chi connectivity index (χ4v) is 4.24. The molecule has 1 aromatic rings. The van der Waals surface area contributed by atoms with Gasteiger partial charge in [0, 0.05) is 25.7 Å². The van der Waals surface area contributed by atoms with E-state index in [4.69, 9.17) is 17.0 Å². The van der Waals surface area contributed by atoms with Crippen LogP contribution < -0.4 is 5.32 Å². The summed E-state index contributed by atoms with van der Waals surface area (Å²) in [5, 5.41) is 4.44. The highest BCUT2D eigenvalue weighted by Crippen LogP contribution is 2.19. The summed E-state index contributed by atoms with van der Waals surface area (Å²) in [6, 6.07) is 7.20. The molecule has 144 valence electrons. The van der Waals surface area contributed by atoms with E-state index in [2.05, 4.69) is 10.2 Å². The fourth-order valence-electron chi connectivity index (χ4n) is 3.93. The molecule has 3 nitrogen and oxygen atoms in total. The minimum atomic E-state index is -0.199. The number of hydrogen-bond acceptors (Lipinski definition) is 2. The second kappa shape index (κ2) is 10.2. The number of thiocarbonyl (C=S) groups is 1. The van der Waals surface area contributed by atoms with Crippen molar-refractivity contribution in [2.24, 2.45) is 0 Å². The van der Waals surface area contributed by atoms with Crippen LogP contribution >= 0.6 is 12.2 Å². The first-order valence-electron chi connectivity index (χ1n) is 10.1. The van der Waals surface area contributed by atoms with E-state index >= 15 is 0 Å². The Balaban J connectivity index is 1.62. The third-order valence-corrected chi connectivity index (χ3v) is 5.83. The first kappa shape index (κ1) is 19.6. The van der Waals surface area contributed by atoms with Crippen LogP contribution in [0, 0.1) is 5.82 Å². The van der Waals surface area contributed by atoms with Gasteiger partial charge < -0.3 is 15.0 Å². The average molecular weight is 379 g/mol. The summed E-state index contributed by atoms with van der Waals surface area (Å²) in [5.41, 5.74) is 1.08. The summed E-state index contributed by atoms with van der Waals surface area (Å²) in [6.07, 6.45) is 11.5. The zero-order chi connectivity index (χ0) is 18.2. The first-order chi connectivity index (χ1) is 12.7. The van der Waals surface area contributed by atoms with Gasteiger partial charge in [-0.2, -0.15) is 0 Å². The topological polar surface area (TPSA) is 24.5 Å². The minimum Gasteiger partial charge on any atom is -0.376 e. The number of ether oxygens (including phenoxy) is 1. The van der Waals surface area contributed by atoms with Gasteiger partial charge in [0.15, 0.2) is 5.11 Å². The molecule has 0 spiro atoms. The molecule has 1 unspecified atom stereocenters. The zero-order valence-corrected chi connectivity index (χ0v) is 16.4. The van der Waals surface area contributed by atoms with E-state index in [0.29, 0.717) is 12.6 Å². The van der Waals surface area contributed by atoms with E-state index in [1.165, 1.54) is 57.1 Å². The summed E-state index contributed by atoms with van der Waals surface area (Å²) in [7, 11) is 0. The number of benzene rings is 1. The SMILES string of the molecule is Fc1ccc(CN(CC2CCCO2)C(=S)NC2CCCCCCC2)cc1. The predicted molar refractivity (Wildman–Crippen MR) is 108 cm³/mol. The van der Waals surface area contributed by atoms with Crippen molar-refractivity contribution in [1.82, 2.24) is 10.2 Å². The third-order valence-electron chi connectivity index (χ3n) is 5.45. The van der Waals surface area contributed by atoms with Crippen LogP contribution in [0.1, 0.15) is 63.4 Å². The standard InChI is InChI=1S/C21H31FN2OS/c22-18-12-10-17(11-13-18)15-24(16-20-9-6-14-25-20)21(26)23-19-7-4-2-1-3-5-8-19/h10-13,19-20H,1-9,14-16H2,(H,23,26). The van der Waals surface area contributed by atoms with Crippen LogP contribution in [-0.2, 0) is 11.3 Å². The molecule has 0 aromatic heterocycles. The van der Waals surface area contributed by atoms with Crippen LogP contribution in [0.15, 0.2) is 24.3 Å². The summed E-state index contributed by atoms with van der Waals surface area (Å²) in [4.78, 5) is 2.21. The average Bonchev–Trinajstić information content (AvgIpc) is 3.11. The Morgan fingerprint density at radius 1 is 1.04 bits per heavy atom. The molecule has 2 aliphatic rings. The lowest BCUT2D eigenvalue weighted by molar-refractivity contribution is 0.0895. The molecule has 1 aliphatic carbocycles. The highest BCUT2D eigenvalue weighted by Gasteiger charge is 2.22. The molecule has 0 amide bonds. The molecular formula is C21H31FN2OS. The van der Waals surface area contributed by atoms with Crippen LogP contribution in [0.25, 0.3) is 0 Å². The summed E-state index contributed by atoms with van der Waals surface area (Å²) in [6.45, 7) is 2.34. The molecule has 5 heteroatoms. The molecule has 1 N–H and O–H groups in total. The summed E-state index contributed by atoms with van der Waals surface area (Å²) < 4.78 is 19.0. The Kier molecular flexibility index (Phi) is 7.69. The van der Waals surface area contributed by atoms with Crippen LogP contribution in [0.5, 0.6) is 0 Å². The van der Waals surface area contributed by atoms with Crippen molar-refractivity contribution < 1.29 is 9.13 Å². The quantitative estimate of drug-likeness (QED) is 0.744. The van der Waals surface area contributed by atoms with Crippen molar-refractivity contribution in [2.75, 3.05) is 13.2 Å². The van der Waals surface area contributed by atoms with Gasteiger partial charge in [0.2, 0.25) is 0 Å². The Morgan fingerprint density at radius 2 is 1.73 bits per heavy atom. The van der Waals surface area contributed by atoms with E-state index in [9.17, 15) is 4.39 Å². The van der Waals surface area contributed by atoms with Crippen molar-refractivity contribution in [1.29, 1.82) is 0 Å². The summed E-state index contributed by atoms with van der Waals surface area (Å²) >= 11 is 5.78. The Morgan fingerprint density at radius 3 is 2.38 bits per heavy atom. The van der Waals surface area contributed by atoms with Gasteiger partial charge in [-0.3, -0.25) is 0 Å². The van der Waals surface area contributed by atoms with Gasteiger partial charge in [-0.15, -0.1) is 0 Å². The number of nitrogens with zero attached hydrogens (tertiary/aromatic N) is 1. The molecule has 3 rings (SSSR count). The Bertz CT molecular complexity index is 552. The second-order valence-corrected chi connectivity index (χ2v) is 8.02. The van der Waals surface area contributed by atoms with Crippen molar-refractivity contribution in [3.8, 4) is 0 Å². The maximum atomic E-state index is 13.2. The Labute approximate surface area is 162 Å². The molecular weight excluding hydrogens is 347 g/mol. The highest BCUT2D eigenvalue weighted by atomic mass is 32.1. The normalized spacial score (nSPS) is 21.8. The lowest BCUT2D eigenvalue weighted by atomic mass is 9.97. The molecule has 2 fully saturated rings. The molecule has 0 bridgehead atoms. The van der Waals surface area contributed by atoms with Crippen LogP contribution in [-0.4, -0.2) is 35.3 Å². The van der Waals surface area contributed by atoms with E-state index < -0.39 is 0 Å².